The molecule has 0 radical (unpaired) electrons. The molecule has 31 heavy (non-hydrogen) atoms. The van der Waals surface area contributed by atoms with Crippen molar-refractivity contribution in [2.45, 2.75) is 5.16 Å². The van der Waals surface area contributed by atoms with Crippen molar-refractivity contribution in [1.82, 2.24) is 14.8 Å². The van der Waals surface area contributed by atoms with E-state index in [9.17, 15) is 4.79 Å². The summed E-state index contributed by atoms with van der Waals surface area (Å²) in [5.74, 6) is 1.43. The van der Waals surface area contributed by atoms with Gasteiger partial charge in [-0.15, -0.1) is 10.2 Å². The standard InChI is InChI=1S/C23H19BrN4O2S/c1-30-20-14-8-7-13-19(20)28-22(16-9-3-2-4-10-16)26-27-23(28)31-15-21(29)25-18-12-6-5-11-17(18)24/h2-14H,15H2,1H3,(H,25,29). The fourth-order valence-corrected chi connectivity index (χ4v) is 4.18. The number of rotatable bonds is 7. The molecule has 1 aromatic heterocycles. The second-order valence-electron chi connectivity index (χ2n) is 6.50. The molecule has 0 aliphatic rings. The summed E-state index contributed by atoms with van der Waals surface area (Å²) in [6.07, 6.45) is 0. The van der Waals surface area contributed by atoms with Crippen molar-refractivity contribution < 1.29 is 9.53 Å². The van der Waals surface area contributed by atoms with Crippen LogP contribution in [0.5, 0.6) is 5.75 Å². The number of nitrogens with zero attached hydrogens (tertiary/aromatic N) is 3. The van der Waals surface area contributed by atoms with Crippen molar-refractivity contribution in [1.29, 1.82) is 0 Å². The van der Waals surface area contributed by atoms with Crippen LogP contribution in [0, 0.1) is 0 Å². The molecule has 0 aliphatic heterocycles. The van der Waals surface area contributed by atoms with Gasteiger partial charge in [-0.05, 0) is 40.2 Å². The number of hydrogen-bond donors (Lipinski definition) is 1. The van der Waals surface area contributed by atoms with Gasteiger partial charge in [-0.2, -0.15) is 0 Å². The first kappa shape index (κ1) is 21.1. The lowest BCUT2D eigenvalue weighted by Gasteiger charge is -2.14. The van der Waals surface area contributed by atoms with Gasteiger partial charge in [0.15, 0.2) is 11.0 Å². The van der Waals surface area contributed by atoms with Gasteiger partial charge in [0, 0.05) is 10.0 Å². The first-order valence-corrected chi connectivity index (χ1v) is 11.3. The Morgan fingerprint density at radius 2 is 1.71 bits per heavy atom. The molecule has 0 spiro atoms. The van der Waals surface area contributed by atoms with Gasteiger partial charge in [0.2, 0.25) is 5.91 Å². The maximum absolute atomic E-state index is 12.6. The zero-order chi connectivity index (χ0) is 21.6. The van der Waals surface area contributed by atoms with Gasteiger partial charge in [-0.25, -0.2) is 0 Å². The number of carbonyl (C=O) groups excluding carboxylic acids is 1. The van der Waals surface area contributed by atoms with Crippen molar-refractivity contribution >= 4 is 39.3 Å². The van der Waals surface area contributed by atoms with E-state index in [4.69, 9.17) is 4.74 Å². The molecular weight excluding hydrogens is 476 g/mol. The molecule has 0 aliphatic carbocycles. The Labute approximate surface area is 192 Å². The average molecular weight is 495 g/mol. The lowest BCUT2D eigenvalue weighted by Crippen LogP contribution is -2.15. The third kappa shape index (κ3) is 4.81. The van der Waals surface area contributed by atoms with E-state index in [2.05, 4.69) is 31.4 Å². The molecule has 1 amide bonds. The Morgan fingerprint density at radius 1 is 1.00 bits per heavy atom. The summed E-state index contributed by atoms with van der Waals surface area (Å²) in [6.45, 7) is 0. The topological polar surface area (TPSA) is 69.0 Å². The number of ether oxygens (including phenoxy) is 1. The Kier molecular flexibility index (Phi) is 6.69. The first-order valence-electron chi connectivity index (χ1n) is 9.49. The number of para-hydroxylation sites is 3. The normalized spacial score (nSPS) is 10.6. The minimum Gasteiger partial charge on any atom is -0.495 e. The van der Waals surface area contributed by atoms with Crippen LogP contribution in [0.15, 0.2) is 88.5 Å². The Morgan fingerprint density at radius 3 is 2.48 bits per heavy atom. The Hall–Kier alpha value is -3.10. The number of thioether (sulfide) groups is 1. The van der Waals surface area contributed by atoms with E-state index < -0.39 is 0 Å². The molecule has 1 heterocycles. The molecule has 0 unspecified atom stereocenters. The monoisotopic (exact) mass is 494 g/mol. The van der Waals surface area contributed by atoms with Gasteiger partial charge in [-0.1, -0.05) is 66.4 Å². The van der Waals surface area contributed by atoms with Gasteiger partial charge in [0.05, 0.1) is 24.2 Å². The number of methoxy groups -OCH3 is 1. The van der Waals surface area contributed by atoms with Crippen LogP contribution < -0.4 is 10.1 Å². The van der Waals surface area contributed by atoms with Gasteiger partial charge < -0.3 is 10.1 Å². The molecule has 4 rings (SSSR count). The van der Waals surface area contributed by atoms with Crippen LogP contribution >= 0.6 is 27.7 Å². The molecule has 0 atom stereocenters. The molecule has 0 bridgehead atoms. The molecule has 1 N–H and O–H groups in total. The number of carbonyl (C=O) groups is 1. The van der Waals surface area contributed by atoms with Crippen LogP contribution in [-0.4, -0.2) is 33.5 Å². The van der Waals surface area contributed by atoms with E-state index in [1.807, 2.05) is 83.4 Å². The Bertz CT molecular complexity index is 1200. The molecule has 3 aromatic carbocycles. The fraction of sp³-hybridized carbons (Fsp3) is 0.0870. The van der Waals surface area contributed by atoms with Crippen molar-refractivity contribution in [2.24, 2.45) is 0 Å². The molecule has 0 saturated carbocycles. The summed E-state index contributed by atoms with van der Waals surface area (Å²) in [7, 11) is 1.63. The molecule has 6 nitrogen and oxygen atoms in total. The number of halogens is 1. The predicted molar refractivity (Wildman–Crippen MR) is 127 cm³/mol. The van der Waals surface area contributed by atoms with E-state index >= 15 is 0 Å². The number of hydrogen-bond acceptors (Lipinski definition) is 5. The predicted octanol–water partition coefficient (Wildman–Crippen LogP) is 5.44. The third-order valence-electron chi connectivity index (χ3n) is 4.47. The minimum atomic E-state index is -0.132. The van der Waals surface area contributed by atoms with E-state index in [-0.39, 0.29) is 11.7 Å². The quantitative estimate of drug-likeness (QED) is 0.346. The number of amides is 1. The number of benzene rings is 3. The molecule has 0 fully saturated rings. The summed E-state index contributed by atoms with van der Waals surface area (Å²) in [5.41, 5.74) is 2.46. The van der Waals surface area contributed by atoms with Crippen LogP contribution in [0.4, 0.5) is 5.69 Å². The van der Waals surface area contributed by atoms with Gasteiger partial charge in [0.1, 0.15) is 5.75 Å². The van der Waals surface area contributed by atoms with Gasteiger partial charge in [0.25, 0.3) is 0 Å². The summed E-state index contributed by atoms with van der Waals surface area (Å²) < 4.78 is 8.31. The highest BCUT2D eigenvalue weighted by atomic mass is 79.9. The maximum Gasteiger partial charge on any atom is 0.234 e. The summed E-state index contributed by atoms with van der Waals surface area (Å²) in [5, 5.41) is 12.3. The number of nitrogens with one attached hydrogen (secondary N) is 1. The van der Waals surface area contributed by atoms with Gasteiger partial charge in [-0.3, -0.25) is 9.36 Å². The van der Waals surface area contributed by atoms with Crippen LogP contribution in [0.25, 0.3) is 17.1 Å². The van der Waals surface area contributed by atoms with Crippen LogP contribution in [0.3, 0.4) is 0 Å². The molecule has 156 valence electrons. The van der Waals surface area contributed by atoms with E-state index in [0.29, 0.717) is 16.7 Å². The molecule has 4 aromatic rings. The second-order valence-corrected chi connectivity index (χ2v) is 8.29. The van der Waals surface area contributed by atoms with Crippen molar-refractivity contribution in [2.75, 3.05) is 18.2 Å². The summed E-state index contributed by atoms with van der Waals surface area (Å²) in [4.78, 5) is 12.6. The van der Waals surface area contributed by atoms with E-state index in [0.717, 1.165) is 21.4 Å². The first-order chi connectivity index (χ1) is 15.2. The zero-order valence-electron chi connectivity index (χ0n) is 16.7. The number of aromatic nitrogens is 3. The highest BCUT2D eigenvalue weighted by Crippen LogP contribution is 2.32. The second kappa shape index (κ2) is 9.80. The molecule has 8 heteroatoms. The number of anilines is 1. The van der Waals surface area contributed by atoms with E-state index in [1.165, 1.54) is 11.8 Å². The van der Waals surface area contributed by atoms with Gasteiger partial charge >= 0.3 is 0 Å². The van der Waals surface area contributed by atoms with E-state index in [1.54, 1.807) is 7.11 Å². The third-order valence-corrected chi connectivity index (χ3v) is 6.09. The van der Waals surface area contributed by atoms with Crippen molar-refractivity contribution in [3.8, 4) is 22.8 Å². The van der Waals surface area contributed by atoms with Crippen LogP contribution in [0.2, 0.25) is 0 Å². The Balaban J connectivity index is 1.64. The smallest absolute Gasteiger partial charge is 0.234 e. The lowest BCUT2D eigenvalue weighted by molar-refractivity contribution is -0.113. The largest absolute Gasteiger partial charge is 0.495 e. The lowest BCUT2D eigenvalue weighted by atomic mass is 10.2. The molecular formula is C23H19BrN4O2S. The maximum atomic E-state index is 12.6. The average Bonchev–Trinajstić information content (AvgIpc) is 3.23. The zero-order valence-corrected chi connectivity index (χ0v) is 19.1. The highest BCUT2D eigenvalue weighted by molar-refractivity contribution is 9.10. The summed E-state index contributed by atoms with van der Waals surface area (Å²) in [6, 6.07) is 25.0. The van der Waals surface area contributed by atoms with Crippen molar-refractivity contribution in [3.63, 3.8) is 0 Å². The van der Waals surface area contributed by atoms with Crippen LogP contribution in [0.1, 0.15) is 0 Å². The minimum absolute atomic E-state index is 0.132. The highest BCUT2D eigenvalue weighted by Gasteiger charge is 2.19. The van der Waals surface area contributed by atoms with Crippen LogP contribution in [-0.2, 0) is 4.79 Å². The SMILES string of the molecule is COc1ccccc1-n1c(SCC(=O)Nc2ccccc2Br)nnc1-c1ccccc1. The van der Waals surface area contributed by atoms with Crippen molar-refractivity contribution in [3.05, 3.63) is 83.3 Å². The molecule has 0 saturated heterocycles. The summed E-state index contributed by atoms with van der Waals surface area (Å²) >= 11 is 4.76. The fourth-order valence-electron chi connectivity index (χ4n) is 3.05.